The summed E-state index contributed by atoms with van der Waals surface area (Å²) in [6, 6.07) is 6.05. The average molecular weight is 273 g/mol. The summed E-state index contributed by atoms with van der Waals surface area (Å²) >= 11 is 0. The van der Waals surface area contributed by atoms with Crippen molar-refractivity contribution in [2.75, 3.05) is 24.5 Å². The van der Waals surface area contributed by atoms with Gasteiger partial charge in [0.2, 0.25) is 5.91 Å². The van der Waals surface area contributed by atoms with E-state index in [1.165, 1.54) is 6.42 Å². The zero-order valence-electron chi connectivity index (χ0n) is 11.9. The lowest BCUT2D eigenvalue weighted by Gasteiger charge is -2.33. The van der Waals surface area contributed by atoms with Gasteiger partial charge in [-0.1, -0.05) is 12.5 Å². The molecule has 4 heteroatoms. The van der Waals surface area contributed by atoms with Crippen molar-refractivity contribution in [3.8, 4) is 0 Å². The molecule has 1 amide bonds. The van der Waals surface area contributed by atoms with E-state index in [-0.39, 0.29) is 5.91 Å². The quantitative estimate of drug-likeness (QED) is 0.915. The fraction of sp³-hybridized carbons (Fsp3) is 0.625. The van der Waals surface area contributed by atoms with Crippen LogP contribution in [0.25, 0.3) is 0 Å². The Morgan fingerprint density at radius 2 is 2.05 bits per heavy atom. The van der Waals surface area contributed by atoms with Crippen molar-refractivity contribution in [3.05, 3.63) is 24.4 Å². The molecule has 0 aromatic carbocycles. The normalized spacial score (nSPS) is 20.5. The van der Waals surface area contributed by atoms with Crippen LogP contribution >= 0.6 is 0 Å². The molecule has 1 aromatic heterocycles. The van der Waals surface area contributed by atoms with Crippen LogP contribution in [0.4, 0.5) is 5.82 Å². The minimum absolute atomic E-state index is 0.281. The first-order valence-electron chi connectivity index (χ1n) is 7.76. The number of carbonyl (C=O) groups excluding carboxylic acids is 1. The van der Waals surface area contributed by atoms with Gasteiger partial charge in [0.1, 0.15) is 5.82 Å². The van der Waals surface area contributed by atoms with E-state index in [1.807, 2.05) is 18.3 Å². The number of rotatable bonds is 4. The van der Waals surface area contributed by atoms with Gasteiger partial charge in [-0.15, -0.1) is 0 Å². The predicted molar refractivity (Wildman–Crippen MR) is 79.5 cm³/mol. The van der Waals surface area contributed by atoms with Crippen molar-refractivity contribution < 1.29 is 4.79 Å². The molecule has 0 unspecified atom stereocenters. The van der Waals surface area contributed by atoms with Crippen LogP contribution in [0.15, 0.2) is 24.4 Å². The molecule has 0 bridgehead atoms. The summed E-state index contributed by atoms with van der Waals surface area (Å²) in [6.07, 6.45) is 7.53. The van der Waals surface area contributed by atoms with Crippen molar-refractivity contribution in [1.82, 2.24) is 10.3 Å². The molecule has 20 heavy (non-hydrogen) atoms. The van der Waals surface area contributed by atoms with Crippen molar-refractivity contribution in [3.63, 3.8) is 0 Å². The molecule has 0 atom stereocenters. The molecule has 0 spiro atoms. The number of aromatic nitrogens is 1. The van der Waals surface area contributed by atoms with Gasteiger partial charge in [0.05, 0.1) is 0 Å². The van der Waals surface area contributed by atoms with Crippen molar-refractivity contribution in [2.24, 2.45) is 11.8 Å². The standard InChI is InChI=1S/C16H23N3O/c20-16(14-4-3-5-14)18-12-13-7-10-19(11-8-13)15-6-1-2-9-17-15/h1-2,6,9,13-14H,3-5,7-8,10-12H2,(H,18,20). The molecule has 1 aliphatic heterocycles. The predicted octanol–water partition coefficient (Wildman–Crippen LogP) is 2.21. The van der Waals surface area contributed by atoms with Crippen molar-refractivity contribution in [1.29, 1.82) is 0 Å². The molecule has 4 nitrogen and oxygen atoms in total. The van der Waals surface area contributed by atoms with Gasteiger partial charge in [0.25, 0.3) is 0 Å². The minimum Gasteiger partial charge on any atom is -0.357 e. The second-order valence-corrected chi connectivity index (χ2v) is 5.99. The molecule has 2 heterocycles. The highest BCUT2D eigenvalue weighted by Crippen LogP contribution is 2.26. The second-order valence-electron chi connectivity index (χ2n) is 5.99. The minimum atomic E-state index is 0.281. The molecule has 1 N–H and O–H groups in total. The molecule has 0 radical (unpaired) electrons. The topological polar surface area (TPSA) is 45.2 Å². The summed E-state index contributed by atoms with van der Waals surface area (Å²) in [4.78, 5) is 18.6. The van der Waals surface area contributed by atoms with E-state index in [1.54, 1.807) is 0 Å². The molecule has 1 saturated heterocycles. The Balaban J connectivity index is 1.41. The van der Waals surface area contributed by atoms with E-state index in [0.29, 0.717) is 11.8 Å². The first-order valence-corrected chi connectivity index (χ1v) is 7.76. The summed E-state index contributed by atoms with van der Waals surface area (Å²) in [5.41, 5.74) is 0. The van der Waals surface area contributed by atoms with Crippen LogP contribution in [0.1, 0.15) is 32.1 Å². The molecule has 1 saturated carbocycles. The van der Waals surface area contributed by atoms with Crippen LogP contribution in [0.2, 0.25) is 0 Å². The number of amides is 1. The van der Waals surface area contributed by atoms with E-state index in [9.17, 15) is 4.79 Å². The summed E-state index contributed by atoms with van der Waals surface area (Å²) in [6.45, 7) is 2.94. The van der Waals surface area contributed by atoms with E-state index < -0.39 is 0 Å². The van der Waals surface area contributed by atoms with Crippen LogP contribution in [0.3, 0.4) is 0 Å². The fourth-order valence-electron chi connectivity index (χ4n) is 2.97. The summed E-state index contributed by atoms with van der Waals surface area (Å²) in [5, 5.41) is 3.14. The van der Waals surface area contributed by atoms with Crippen LogP contribution in [-0.4, -0.2) is 30.5 Å². The first kappa shape index (κ1) is 13.4. The first-order chi connectivity index (χ1) is 9.83. The van der Waals surface area contributed by atoms with Crippen LogP contribution in [0, 0.1) is 11.8 Å². The number of hydrogen-bond donors (Lipinski definition) is 1. The molecule has 2 aliphatic rings. The zero-order valence-corrected chi connectivity index (χ0v) is 11.9. The van der Waals surface area contributed by atoms with E-state index in [2.05, 4.69) is 21.3 Å². The number of nitrogens with one attached hydrogen (secondary N) is 1. The third-order valence-electron chi connectivity index (χ3n) is 4.63. The van der Waals surface area contributed by atoms with Crippen molar-refractivity contribution >= 4 is 11.7 Å². The molecule has 1 aromatic rings. The molecule has 2 fully saturated rings. The van der Waals surface area contributed by atoms with E-state index in [0.717, 1.165) is 51.1 Å². The van der Waals surface area contributed by atoms with E-state index in [4.69, 9.17) is 0 Å². The fourth-order valence-corrected chi connectivity index (χ4v) is 2.97. The number of pyridine rings is 1. The number of carbonyl (C=O) groups is 1. The summed E-state index contributed by atoms with van der Waals surface area (Å²) in [7, 11) is 0. The Kier molecular flexibility index (Phi) is 4.19. The molecule has 108 valence electrons. The van der Waals surface area contributed by atoms with Gasteiger partial charge in [0, 0.05) is 31.7 Å². The van der Waals surface area contributed by atoms with Gasteiger partial charge in [-0.05, 0) is 43.7 Å². The van der Waals surface area contributed by atoms with Gasteiger partial charge in [-0.2, -0.15) is 0 Å². The summed E-state index contributed by atoms with van der Waals surface area (Å²) in [5.74, 6) is 2.29. The number of piperidine rings is 1. The Labute approximate surface area is 120 Å². The lowest BCUT2D eigenvalue weighted by molar-refractivity contribution is -0.127. The van der Waals surface area contributed by atoms with Crippen LogP contribution in [0.5, 0.6) is 0 Å². The highest BCUT2D eigenvalue weighted by Gasteiger charge is 2.26. The maximum absolute atomic E-state index is 11.8. The second kappa shape index (κ2) is 6.25. The zero-order chi connectivity index (χ0) is 13.8. The highest BCUT2D eigenvalue weighted by atomic mass is 16.1. The monoisotopic (exact) mass is 273 g/mol. The average Bonchev–Trinajstić information content (AvgIpc) is 2.45. The maximum Gasteiger partial charge on any atom is 0.223 e. The van der Waals surface area contributed by atoms with Crippen LogP contribution < -0.4 is 10.2 Å². The van der Waals surface area contributed by atoms with Crippen molar-refractivity contribution in [2.45, 2.75) is 32.1 Å². The van der Waals surface area contributed by atoms with Gasteiger partial charge in [0.15, 0.2) is 0 Å². The lowest BCUT2D eigenvalue weighted by Crippen LogP contribution is -2.41. The molecular formula is C16H23N3O. The Morgan fingerprint density at radius 3 is 2.65 bits per heavy atom. The van der Waals surface area contributed by atoms with Gasteiger partial charge >= 0.3 is 0 Å². The number of anilines is 1. The van der Waals surface area contributed by atoms with Gasteiger partial charge in [-0.25, -0.2) is 4.98 Å². The Bertz CT molecular complexity index is 436. The molecule has 3 rings (SSSR count). The third kappa shape index (κ3) is 3.11. The lowest BCUT2D eigenvalue weighted by atomic mass is 9.84. The smallest absolute Gasteiger partial charge is 0.223 e. The Hall–Kier alpha value is -1.58. The molecule has 1 aliphatic carbocycles. The number of hydrogen-bond acceptors (Lipinski definition) is 3. The van der Waals surface area contributed by atoms with Gasteiger partial charge in [-0.3, -0.25) is 4.79 Å². The third-order valence-corrected chi connectivity index (χ3v) is 4.63. The van der Waals surface area contributed by atoms with Gasteiger partial charge < -0.3 is 10.2 Å². The summed E-state index contributed by atoms with van der Waals surface area (Å²) < 4.78 is 0. The number of nitrogens with zero attached hydrogens (tertiary/aromatic N) is 2. The Morgan fingerprint density at radius 1 is 1.25 bits per heavy atom. The maximum atomic E-state index is 11.8. The SMILES string of the molecule is O=C(NCC1CCN(c2ccccn2)CC1)C1CCC1. The largest absolute Gasteiger partial charge is 0.357 e. The van der Waals surface area contributed by atoms with E-state index >= 15 is 0 Å². The highest BCUT2D eigenvalue weighted by molar-refractivity contribution is 5.79. The van der Waals surface area contributed by atoms with Crippen LogP contribution in [-0.2, 0) is 4.79 Å². The molecular weight excluding hydrogens is 250 g/mol.